The molecule has 0 bridgehead atoms. The van der Waals surface area contributed by atoms with E-state index in [4.69, 9.17) is 4.74 Å². The number of ether oxygens (including phenoxy) is 1. The number of halogens is 1. The fourth-order valence-electron chi connectivity index (χ4n) is 2.86. The second kappa shape index (κ2) is 7.01. The number of rotatable bonds is 5. The van der Waals surface area contributed by atoms with Gasteiger partial charge < -0.3 is 15.2 Å². The van der Waals surface area contributed by atoms with E-state index < -0.39 is 18.0 Å². The molecule has 24 heavy (non-hydrogen) atoms. The van der Waals surface area contributed by atoms with Crippen LogP contribution in [0.4, 0.5) is 4.39 Å². The molecule has 1 amide bonds. The highest BCUT2D eigenvalue weighted by molar-refractivity contribution is 5.83. The van der Waals surface area contributed by atoms with E-state index in [0.29, 0.717) is 12.0 Å². The molecule has 2 N–H and O–H groups in total. The van der Waals surface area contributed by atoms with Crippen molar-refractivity contribution >= 4 is 5.91 Å². The Hall–Kier alpha value is -2.40. The van der Waals surface area contributed by atoms with Crippen LogP contribution in [0.5, 0.6) is 5.75 Å². The number of para-hydroxylation sites is 1. The van der Waals surface area contributed by atoms with E-state index in [1.165, 1.54) is 11.6 Å². The van der Waals surface area contributed by atoms with Gasteiger partial charge in [-0.05, 0) is 23.6 Å². The average Bonchev–Trinajstić information content (AvgIpc) is 3.05. The molecule has 4 nitrogen and oxygen atoms in total. The van der Waals surface area contributed by atoms with Crippen molar-refractivity contribution in [2.45, 2.75) is 31.9 Å². The molecule has 1 aliphatic rings. The topological polar surface area (TPSA) is 58.6 Å². The molecule has 1 heterocycles. The van der Waals surface area contributed by atoms with Crippen LogP contribution in [-0.2, 0) is 17.6 Å². The third kappa shape index (κ3) is 3.26. The van der Waals surface area contributed by atoms with E-state index in [2.05, 4.69) is 12.2 Å². The van der Waals surface area contributed by atoms with E-state index >= 15 is 0 Å². The van der Waals surface area contributed by atoms with Gasteiger partial charge in [0, 0.05) is 12.0 Å². The summed E-state index contributed by atoms with van der Waals surface area (Å²) in [5.41, 5.74) is 2.69. The highest BCUT2D eigenvalue weighted by Crippen LogP contribution is 2.31. The van der Waals surface area contributed by atoms with Gasteiger partial charge in [0.1, 0.15) is 0 Å². The summed E-state index contributed by atoms with van der Waals surface area (Å²) in [7, 11) is 0. The maximum atomic E-state index is 13.7. The summed E-state index contributed by atoms with van der Waals surface area (Å²) in [5.74, 6) is -0.675. The monoisotopic (exact) mass is 329 g/mol. The Kier molecular flexibility index (Phi) is 4.81. The third-order valence-electron chi connectivity index (χ3n) is 4.30. The van der Waals surface area contributed by atoms with Crippen molar-refractivity contribution in [2.75, 3.05) is 6.61 Å². The summed E-state index contributed by atoms with van der Waals surface area (Å²) in [6.07, 6.45) is 0.475. The predicted molar refractivity (Wildman–Crippen MR) is 88.3 cm³/mol. The number of carbonyl (C=O) groups is 1. The Morgan fingerprint density at radius 2 is 2.08 bits per heavy atom. The lowest BCUT2D eigenvalue weighted by atomic mass is 10.0. The van der Waals surface area contributed by atoms with Gasteiger partial charge in [-0.25, -0.2) is 4.39 Å². The molecule has 1 aliphatic heterocycles. The minimum absolute atomic E-state index is 0.144. The maximum Gasteiger partial charge on any atom is 0.261 e. The number of amides is 1. The number of fused-ring (bicyclic) bond motifs is 1. The van der Waals surface area contributed by atoms with Gasteiger partial charge in [-0.1, -0.05) is 43.3 Å². The Morgan fingerprint density at radius 3 is 2.71 bits per heavy atom. The molecular formula is C19H20FNO3. The Balaban J connectivity index is 1.68. The zero-order chi connectivity index (χ0) is 17.1. The number of benzene rings is 2. The van der Waals surface area contributed by atoms with Crippen LogP contribution in [0.2, 0.25) is 0 Å². The summed E-state index contributed by atoms with van der Waals surface area (Å²) in [6, 6.07) is 11.9. The van der Waals surface area contributed by atoms with Crippen LogP contribution in [0.25, 0.3) is 0 Å². The molecule has 126 valence electrons. The zero-order valence-electron chi connectivity index (χ0n) is 13.5. The van der Waals surface area contributed by atoms with Crippen molar-refractivity contribution in [3.63, 3.8) is 0 Å². The van der Waals surface area contributed by atoms with Crippen LogP contribution < -0.4 is 10.1 Å². The highest BCUT2D eigenvalue weighted by atomic mass is 19.1. The van der Waals surface area contributed by atoms with Crippen LogP contribution in [0.15, 0.2) is 42.5 Å². The molecule has 0 saturated heterocycles. The van der Waals surface area contributed by atoms with Gasteiger partial charge in [-0.3, -0.25) is 4.79 Å². The normalized spacial score (nSPS) is 17.0. The number of aliphatic hydroxyl groups excluding tert-OH is 1. The average molecular weight is 329 g/mol. The van der Waals surface area contributed by atoms with Crippen LogP contribution in [0.1, 0.15) is 29.7 Å². The molecule has 2 unspecified atom stereocenters. The number of carbonyl (C=O) groups excluding carboxylic acids is 1. The molecule has 2 atom stereocenters. The standard InChI is InChI=1S/C19H20FNO3/c1-2-12-6-8-13(9-7-12)16(11-22)21-19(23)17-10-14-4-3-5-15(20)18(14)24-17/h3-9,16-17,22H,2,10-11H2,1H3,(H,21,23). The van der Waals surface area contributed by atoms with Gasteiger partial charge in [0.2, 0.25) is 0 Å². The molecule has 0 spiro atoms. The zero-order valence-corrected chi connectivity index (χ0v) is 13.5. The molecule has 0 aromatic heterocycles. The van der Waals surface area contributed by atoms with Crippen molar-refractivity contribution in [1.82, 2.24) is 5.32 Å². The first-order chi connectivity index (χ1) is 11.6. The minimum Gasteiger partial charge on any atom is -0.477 e. The van der Waals surface area contributed by atoms with Gasteiger partial charge in [0.05, 0.1) is 12.6 Å². The van der Waals surface area contributed by atoms with E-state index in [9.17, 15) is 14.3 Å². The third-order valence-corrected chi connectivity index (χ3v) is 4.30. The van der Waals surface area contributed by atoms with Crippen LogP contribution >= 0.6 is 0 Å². The first kappa shape index (κ1) is 16.5. The molecule has 5 heteroatoms. The Morgan fingerprint density at radius 1 is 1.33 bits per heavy atom. The first-order valence-electron chi connectivity index (χ1n) is 8.06. The number of aliphatic hydroxyl groups is 1. The lowest BCUT2D eigenvalue weighted by Crippen LogP contribution is -2.40. The molecule has 2 aromatic rings. The molecule has 0 radical (unpaired) electrons. The number of hydrogen-bond acceptors (Lipinski definition) is 3. The van der Waals surface area contributed by atoms with Gasteiger partial charge in [-0.15, -0.1) is 0 Å². The second-order valence-electron chi connectivity index (χ2n) is 5.88. The maximum absolute atomic E-state index is 13.7. The molecule has 2 aromatic carbocycles. The van der Waals surface area contributed by atoms with Crippen molar-refractivity contribution in [1.29, 1.82) is 0 Å². The van der Waals surface area contributed by atoms with Gasteiger partial charge >= 0.3 is 0 Å². The molecule has 0 aliphatic carbocycles. The summed E-state index contributed by atoms with van der Waals surface area (Å²) >= 11 is 0. The van der Waals surface area contributed by atoms with E-state index in [-0.39, 0.29) is 18.3 Å². The van der Waals surface area contributed by atoms with Crippen LogP contribution in [0.3, 0.4) is 0 Å². The molecule has 3 rings (SSSR count). The minimum atomic E-state index is -0.777. The van der Waals surface area contributed by atoms with Crippen molar-refractivity contribution in [3.05, 3.63) is 65.0 Å². The Bertz CT molecular complexity index is 730. The highest BCUT2D eigenvalue weighted by Gasteiger charge is 2.32. The van der Waals surface area contributed by atoms with Crippen LogP contribution in [0, 0.1) is 5.82 Å². The van der Waals surface area contributed by atoms with E-state index in [1.54, 1.807) is 12.1 Å². The largest absolute Gasteiger partial charge is 0.477 e. The number of aryl methyl sites for hydroxylation is 1. The van der Waals surface area contributed by atoms with E-state index in [0.717, 1.165) is 12.0 Å². The van der Waals surface area contributed by atoms with Crippen molar-refractivity contribution in [2.24, 2.45) is 0 Å². The van der Waals surface area contributed by atoms with Gasteiger partial charge in [-0.2, -0.15) is 0 Å². The summed E-state index contributed by atoms with van der Waals surface area (Å²) in [4.78, 5) is 12.4. The lowest BCUT2D eigenvalue weighted by Gasteiger charge is -2.19. The van der Waals surface area contributed by atoms with Crippen molar-refractivity contribution < 1.29 is 19.0 Å². The lowest BCUT2D eigenvalue weighted by molar-refractivity contribution is -0.128. The summed E-state index contributed by atoms with van der Waals surface area (Å²) in [5, 5.41) is 12.4. The molecular weight excluding hydrogens is 309 g/mol. The summed E-state index contributed by atoms with van der Waals surface area (Å²) < 4.78 is 19.1. The Labute approximate surface area is 140 Å². The van der Waals surface area contributed by atoms with E-state index in [1.807, 2.05) is 24.3 Å². The van der Waals surface area contributed by atoms with Crippen molar-refractivity contribution in [3.8, 4) is 5.75 Å². The summed E-state index contributed by atoms with van der Waals surface area (Å²) in [6.45, 7) is 1.85. The predicted octanol–water partition coefficient (Wildman–Crippen LogP) is 2.54. The molecule has 0 saturated carbocycles. The first-order valence-corrected chi connectivity index (χ1v) is 8.06. The van der Waals surface area contributed by atoms with Crippen LogP contribution in [-0.4, -0.2) is 23.7 Å². The quantitative estimate of drug-likeness (QED) is 0.886. The van der Waals surface area contributed by atoms with Gasteiger partial charge in [0.25, 0.3) is 5.91 Å². The smallest absolute Gasteiger partial charge is 0.261 e. The fraction of sp³-hybridized carbons (Fsp3) is 0.316. The SMILES string of the molecule is CCc1ccc(C(CO)NC(=O)C2Cc3cccc(F)c3O2)cc1. The second-order valence-corrected chi connectivity index (χ2v) is 5.88. The number of nitrogens with one attached hydrogen (secondary N) is 1. The van der Waals surface area contributed by atoms with Gasteiger partial charge in [0.15, 0.2) is 17.7 Å². The fourth-order valence-corrected chi connectivity index (χ4v) is 2.86. The molecule has 0 fully saturated rings. The number of hydrogen-bond donors (Lipinski definition) is 2.